The summed E-state index contributed by atoms with van der Waals surface area (Å²) in [5, 5.41) is 9.06. The van der Waals surface area contributed by atoms with Crippen molar-refractivity contribution in [1.29, 1.82) is 0 Å². The molecular weight excluding hydrogens is 346 g/mol. The molecule has 5 nitrogen and oxygen atoms in total. The molecule has 20 heavy (non-hydrogen) atoms. The van der Waals surface area contributed by atoms with Crippen LogP contribution in [0, 0.1) is 12.8 Å². The number of nitrogens with zero attached hydrogens (tertiary/aromatic N) is 1. The van der Waals surface area contributed by atoms with Crippen molar-refractivity contribution in [3.8, 4) is 0 Å². The van der Waals surface area contributed by atoms with E-state index in [-0.39, 0.29) is 10.5 Å². The van der Waals surface area contributed by atoms with E-state index in [1.807, 2.05) is 0 Å². The Bertz CT molecular complexity index is 653. The summed E-state index contributed by atoms with van der Waals surface area (Å²) in [6.45, 7) is 2.15. The second kappa shape index (κ2) is 5.46. The van der Waals surface area contributed by atoms with E-state index in [2.05, 4.69) is 15.9 Å². The molecule has 0 heterocycles. The van der Waals surface area contributed by atoms with Crippen LogP contribution in [0.5, 0.6) is 0 Å². The van der Waals surface area contributed by atoms with Gasteiger partial charge in [0.1, 0.15) is 0 Å². The lowest BCUT2D eigenvalue weighted by molar-refractivity contribution is 0.0696. The molecule has 0 spiro atoms. The van der Waals surface area contributed by atoms with Gasteiger partial charge in [-0.05, 0) is 59.3 Å². The average molecular weight is 362 g/mol. The maximum Gasteiger partial charge on any atom is 0.335 e. The maximum atomic E-state index is 12.5. The molecule has 1 saturated carbocycles. The van der Waals surface area contributed by atoms with Gasteiger partial charge in [-0.1, -0.05) is 0 Å². The highest BCUT2D eigenvalue weighted by Crippen LogP contribution is 2.33. The number of carboxylic acid groups (broad SMARTS) is 1. The van der Waals surface area contributed by atoms with E-state index in [4.69, 9.17) is 5.11 Å². The van der Waals surface area contributed by atoms with E-state index in [1.54, 1.807) is 6.92 Å². The van der Waals surface area contributed by atoms with Crippen molar-refractivity contribution in [3.05, 3.63) is 27.7 Å². The van der Waals surface area contributed by atoms with Crippen molar-refractivity contribution >= 4 is 31.9 Å². The van der Waals surface area contributed by atoms with Gasteiger partial charge in [-0.25, -0.2) is 17.5 Å². The molecule has 1 fully saturated rings. The lowest BCUT2D eigenvalue weighted by Crippen LogP contribution is -2.29. The van der Waals surface area contributed by atoms with Crippen LogP contribution in [-0.4, -0.2) is 37.4 Å². The van der Waals surface area contributed by atoms with Crippen molar-refractivity contribution in [1.82, 2.24) is 4.31 Å². The molecule has 0 aromatic heterocycles. The third kappa shape index (κ3) is 3.05. The van der Waals surface area contributed by atoms with Gasteiger partial charge >= 0.3 is 5.97 Å². The number of rotatable bonds is 5. The van der Waals surface area contributed by atoms with Gasteiger partial charge in [0.15, 0.2) is 0 Å². The number of hydrogen-bond acceptors (Lipinski definition) is 3. The minimum Gasteiger partial charge on any atom is -0.478 e. The Hall–Kier alpha value is -0.920. The molecule has 1 aliphatic rings. The molecule has 7 heteroatoms. The Morgan fingerprint density at radius 1 is 1.45 bits per heavy atom. The summed E-state index contributed by atoms with van der Waals surface area (Å²) in [6.07, 6.45) is 2.10. The third-order valence-electron chi connectivity index (χ3n) is 3.37. The maximum absolute atomic E-state index is 12.5. The van der Waals surface area contributed by atoms with Crippen LogP contribution < -0.4 is 0 Å². The predicted octanol–water partition coefficient (Wildman–Crippen LogP) is 2.49. The SMILES string of the molecule is Cc1cc(C(=O)O)cc(S(=O)(=O)N(C)CC2CC2)c1Br. The molecular formula is C13H16BrNO4S. The van der Waals surface area contributed by atoms with Gasteiger partial charge in [-0.15, -0.1) is 0 Å². The fourth-order valence-corrected chi connectivity index (χ4v) is 4.23. The van der Waals surface area contributed by atoms with Crippen LogP contribution in [0.2, 0.25) is 0 Å². The molecule has 2 rings (SSSR count). The van der Waals surface area contributed by atoms with Gasteiger partial charge in [0.2, 0.25) is 10.0 Å². The zero-order valence-corrected chi connectivity index (χ0v) is 13.7. The number of hydrogen-bond donors (Lipinski definition) is 1. The number of aryl methyl sites for hydroxylation is 1. The molecule has 0 saturated heterocycles. The van der Waals surface area contributed by atoms with Crippen LogP contribution in [0.15, 0.2) is 21.5 Å². The Morgan fingerprint density at radius 2 is 2.05 bits per heavy atom. The van der Waals surface area contributed by atoms with E-state index in [0.717, 1.165) is 12.8 Å². The third-order valence-corrected chi connectivity index (χ3v) is 6.53. The van der Waals surface area contributed by atoms with Crippen LogP contribution in [0.1, 0.15) is 28.8 Å². The van der Waals surface area contributed by atoms with Gasteiger partial charge in [-0.2, -0.15) is 0 Å². The lowest BCUT2D eigenvalue weighted by Gasteiger charge is -2.19. The summed E-state index contributed by atoms with van der Waals surface area (Å²) >= 11 is 3.25. The second-order valence-corrected chi connectivity index (χ2v) is 7.95. The summed E-state index contributed by atoms with van der Waals surface area (Å²) in [6, 6.07) is 2.66. The number of benzene rings is 1. The normalized spacial score (nSPS) is 15.6. The fourth-order valence-electron chi connectivity index (χ4n) is 1.98. The summed E-state index contributed by atoms with van der Waals surface area (Å²) in [7, 11) is -2.15. The van der Waals surface area contributed by atoms with E-state index < -0.39 is 16.0 Å². The van der Waals surface area contributed by atoms with E-state index >= 15 is 0 Å². The first-order valence-electron chi connectivity index (χ1n) is 6.23. The smallest absolute Gasteiger partial charge is 0.335 e. The first-order valence-corrected chi connectivity index (χ1v) is 8.46. The second-order valence-electron chi connectivity index (χ2n) is 5.14. The van der Waals surface area contributed by atoms with E-state index in [0.29, 0.717) is 22.5 Å². The number of aromatic carboxylic acids is 1. The molecule has 110 valence electrons. The van der Waals surface area contributed by atoms with E-state index in [1.165, 1.54) is 23.5 Å². The van der Waals surface area contributed by atoms with Crippen LogP contribution in [-0.2, 0) is 10.0 Å². The molecule has 0 unspecified atom stereocenters. The Balaban J connectivity index is 2.46. The molecule has 1 aromatic rings. The highest BCUT2D eigenvalue weighted by atomic mass is 79.9. The molecule has 0 atom stereocenters. The molecule has 0 aliphatic heterocycles. The van der Waals surface area contributed by atoms with E-state index in [9.17, 15) is 13.2 Å². The van der Waals surface area contributed by atoms with Crippen molar-refractivity contribution in [2.24, 2.45) is 5.92 Å². The fraction of sp³-hybridized carbons (Fsp3) is 0.462. The molecule has 0 bridgehead atoms. The van der Waals surface area contributed by atoms with Gasteiger partial charge < -0.3 is 5.11 Å². The Kier molecular flexibility index (Phi) is 4.22. The zero-order chi connectivity index (χ0) is 15.1. The van der Waals surface area contributed by atoms with Crippen molar-refractivity contribution in [3.63, 3.8) is 0 Å². The van der Waals surface area contributed by atoms with Gasteiger partial charge in [0.25, 0.3) is 0 Å². The monoisotopic (exact) mass is 361 g/mol. The number of halogens is 1. The lowest BCUT2D eigenvalue weighted by atomic mass is 10.1. The van der Waals surface area contributed by atoms with Crippen molar-refractivity contribution in [2.75, 3.05) is 13.6 Å². The minimum atomic E-state index is -3.68. The number of carboxylic acids is 1. The standard InChI is InChI=1S/C13H16BrNO4S/c1-8-5-10(13(16)17)6-11(12(8)14)20(18,19)15(2)7-9-3-4-9/h5-6,9H,3-4,7H2,1-2H3,(H,16,17). The topological polar surface area (TPSA) is 74.7 Å². The van der Waals surface area contributed by atoms with Crippen molar-refractivity contribution < 1.29 is 18.3 Å². The van der Waals surface area contributed by atoms with Crippen LogP contribution in [0.4, 0.5) is 0 Å². The number of carbonyl (C=O) groups is 1. The van der Waals surface area contributed by atoms with Crippen LogP contribution >= 0.6 is 15.9 Å². The largest absolute Gasteiger partial charge is 0.478 e. The van der Waals surface area contributed by atoms with Gasteiger partial charge in [-0.3, -0.25) is 0 Å². The van der Waals surface area contributed by atoms with Crippen LogP contribution in [0.3, 0.4) is 0 Å². The predicted molar refractivity (Wildman–Crippen MR) is 78.4 cm³/mol. The average Bonchev–Trinajstić information content (AvgIpc) is 3.15. The molecule has 1 N–H and O–H groups in total. The zero-order valence-electron chi connectivity index (χ0n) is 11.3. The molecule has 0 radical (unpaired) electrons. The summed E-state index contributed by atoms with van der Waals surface area (Å²) in [4.78, 5) is 11.1. The molecule has 1 aliphatic carbocycles. The first-order chi connectivity index (χ1) is 9.23. The van der Waals surface area contributed by atoms with Crippen LogP contribution in [0.25, 0.3) is 0 Å². The highest BCUT2D eigenvalue weighted by molar-refractivity contribution is 9.10. The first kappa shape index (κ1) is 15.5. The summed E-state index contributed by atoms with van der Waals surface area (Å²) in [5.74, 6) is -0.709. The molecule has 0 amide bonds. The highest BCUT2D eigenvalue weighted by Gasteiger charge is 2.31. The Labute approximate surface area is 126 Å². The molecule has 1 aromatic carbocycles. The number of sulfonamides is 1. The van der Waals surface area contributed by atoms with Gasteiger partial charge in [0, 0.05) is 18.1 Å². The quantitative estimate of drug-likeness (QED) is 0.873. The Morgan fingerprint density at radius 3 is 2.55 bits per heavy atom. The summed E-state index contributed by atoms with van der Waals surface area (Å²) in [5.41, 5.74) is 0.562. The minimum absolute atomic E-state index is 0.0121. The van der Waals surface area contributed by atoms with Crippen molar-refractivity contribution in [2.45, 2.75) is 24.7 Å². The van der Waals surface area contributed by atoms with Gasteiger partial charge in [0.05, 0.1) is 10.5 Å². The summed E-state index contributed by atoms with van der Waals surface area (Å²) < 4.78 is 26.8.